The smallest absolute Gasteiger partial charge is 0.268 e. The number of anilines is 1. The topological polar surface area (TPSA) is 81.0 Å². The number of hydrogen-bond donors (Lipinski definition) is 0. The van der Waals surface area contributed by atoms with Crippen molar-refractivity contribution in [3.8, 4) is 0 Å². The number of carbonyl (C=O) groups is 2. The number of amides is 2. The minimum absolute atomic E-state index is 0.0740. The largest absolute Gasteiger partial charge is 0.268 e. The molecule has 0 spiro atoms. The predicted molar refractivity (Wildman–Crippen MR) is 102 cm³/mol. The third kappa shape index (κ3) is 3.48. The third-order valence-electron chi connectivity index (χ3n) is 4.43. The Balaban J connectivity index is 2.13. The second-order valence-electron chi connectivity index (χ2n) is 6.68. The predicted octanol–water partition coefficient (Wildman–Crippen LogP) is 2.93. The second kappa shape index (κ2) is 7.11. The maximum absolute atomic E-state index is 13.3. The molecule has 0 atom stereocenters. The van der Waals surface area contributed by atoms with Crippen molar-refractivity contribution >= 4 is 17.8 Å². The summed E-state index contributed by atoms with van der Waals surface area (Å²) in [4.78, 5) is 27.7. The monoisotopic (exact) mass is 363 g/mol. The number of tetrazole rings is 1. The first-order chi connectivity index (χ1) is 12.8. The first-order valence-electron chi connectivity index (χ1n) is 8.55. The number of aromatic nitrogens is 4. The zero-order valence-electron chi connectivity index (χ0n) is 16.0. The molecular formula is C20H21N5O2. The number of imide groups is 1. The second-order valence-corrected chi connectivity index (χ2v) is 6.68. The van der Waals surface area contributed by atoms with E-state index in [1.807, 2.05) is 52.0 Å². The Kier molecular flexibility index (Phi) is 4.85. The van der Waals surface area contributed by atoms with Crippen LogP contribution in [0.15, 0.2) is 36.4 Å². The van der Waals surface area contributed by atoms with E-state index in [9.17, 15) is 9.59 Å². The Morgan fingerprint density at radius 3 is 1.70 bits per heavy atom. The number of benzene rings is 2. The molecule has 3 aromatic rings. The van der Waals surface area contributed by atoms with Crippen molar-refractivity contribution in [2.24, 2.45) is 7.05 Å². The summed E-state index contributed by atoms with van der Waals surface area (Å²) in [6.07, 6.45) is 0. The van der Waals surface area contributed by atoms with Gasteiger partial charge in [0, 0.05) is 18.2 Å². The summed E-state index contributed by atoms with van der Waals surface area (Å²) in [7, 11) is 1.59. The van der Waals surface area contributed by atoms with Crippen LogP contribution in [0.4, 0.5) is 5.95 Å². The molecule has 0 unspecified atom stereocenters. The van der Waals surface area contributed by atoms with E-state index in [-0.39, 0.29) is 5.95 Å². The van der Waals surface area contributed by atoms with Crippen molar-refractivity contribution in [2.75, 3.05) is 4.90 Å². The SMILES string of the molecule is Cc1ccc(C(=O)N(C(=O)c2ccc(C)cc2C)c2nnnn2C)c(C)c1. The maximum atomic E-state index is 13.3. The molecule has 0 saturated heterocycles. The summed E-state index contributed by atoms with van der Waals surface area (Å²) in [5.41, 5.74) is 4.51. The molecule has 0 saturated carbocycles. The summed E-state index contributed by atoms with van der Waals surface area (Å²) in [5, 5.41) is 11.2. The van der Waals surface area contributed by atoms with E-state index >= 15 is 0 Å². The Hall–Kier alpha value is -3.35. The number of hydrogen-bond acceptors (Lipinski definition) is 5. The standard InChI is InChI=1S/C20H21N5O2/c1-12-6-8-16(14(3)10-12)18(26)25(20-21-22-23-24(20)5)19(27)17-9-7-13(2)11-15(17)4/h6-11H,1-5H3. The minimum Gasteiger partial charge on any atom is -0.268 e. The molecule has 0 N–H and O–H groups in total. The van der Waals surface area contributed by atoms with Crippen LogP contribution in [0.25, 0.3) is 0 Å². The Morgan fingerprint density at radius 2 is 1.33 bits per heavy atom. The van der Waals surface area contributed by atoms with E-state index in [0.29, 0.717) is 11.1 Å². The summed E-state index contributed by atoms with van der Waals surface area (Å²) in [6, 6.07) is 10.9. The molecule has 0 bridgehead atoms. The Morgan fingerprint density at radius 1 is 0.852 bits per heavy atom. The lowest BCUT2D eigenvalue weighted by Gasteiger charge is -2.21. The van der Waals surface area contributed by atoms with Gasteiger partial charge in [-0.05, 0) is 61.4 Å². The first kappa shape index (κ1) is 18.4. The Bertz CT molecular complexity index is 975. The van der Waals surface area contributed by atoms with Crippen LogP contribution >= 0.6 is 0 Å². The van der Waals surface area contributed by atoms with Crippen LogP contribution in [0, 0.1) is 27.7 Å². The first-order valence-corrected chi connectivity index (χ1v) is 8.55. The molecule has 3 rings (SSSR count). The van der Waals surface area contributed by atoms with E-state index in [4.69, 9.17) is 0 Å². The molecule has 7 nitrogen and oxygen atoms in total. The normalized spacial score (nSPS) is 10.7. The third-order valence-corrected chi connectivity index (χ3v) is 4.43. The molecule has 1 heterocycles. The van der Waals surface area contributed by atoms with E-state index in [1.54, 1.807) is 19.2 Å². The zero-order chi connectivity index (χ0) is 19.7. The van der Waals surface area contributed by atoms with Gasteiger partial charge in [-0.25, -0.2) is 9.58 Å². The average molecular weight is 363 g/mol. The molecule has 0 fully saturated rings. The highest BCUT2D eigenvalue weighted by atomic mass is 16.2. The van der Waals surface area contributed by atoms with Gasteiger partial charge in [0.1, 0.15) is 0 Å². The molecule has 2 amide bonds. The maximum Gasteiger partial charge on any atom is 0.268 e. The summed E-state index contributed by atoms with van der Waals surface area (Å²) in [5.74, 6) is -0.851. The molecule has 1 aromatic heterocycles. The van der Waals surface area contributed by atoms with Gasteiger partial charge in [-0.1, -0.05) is 40.5 Å². The van der Waals surface area contributed by atoms with Gasteiger partial charge in [-0.2, -0.15) is 0 Å². The fourth-order valence-corrected chi connectivity index (χ4v) is 3.04. The van der Waals surface area contributed by atoms with E-state index in [2.05, 4.69) is 15.5 Å². The van der Waals surface area contributed by atoms with Gasteiger partial charge in [0.15, 0.2) is 0 Å². The highest BCUT2D eigenvalue weighted by Crippen LogP contribution is 2.21. The highest BCUT2D eigenvalue weighted by molar-refractivity contribution is 6.25. The van der Waals surface area contributed by atoms with Crippen LogP contribution in [-0.4, -0.2) is 32.0 Å². The van der Waals surface area contributed by atoms with Gasteiger partial charge < -0.3 is 0 Å². The van der Waals surface area contributed by atoms with Crippen molar-refractivity contribution in [1.29, 1.82) is 0 Å². The van der Waals surface area contributed by atoms with Crippen LogP contribution in [0.1, 0.15) is 43.0 Å². The van der Waals surface area contributed by atoms with Gasteiger partial charge in [0.05, 0.1) is 0 Å². The van der Waals surface area contributed by atoms with Crippen molar-refractivity contribution in [3.63, 3.8) is 0 Å². The van der Waals surface area contributed by atoms with Crippen LogP contribution in [0.2, 0.25) is 0 Å². The van der Waals surface area contributed by atoms with Crippen LogP contribution in [0.5, 0.6) is 0 Å². The molecule has 2 aromatic carbocycles. The molecule has 27 heavy (non-hydrogen) atoms. The molecule has 138 valence electrons. The molecular weight excluding hydrogens is 342 g/mol. The van der Waals surface area contributed by atoms with Crippen molar-refractivity contribution < 1.29 is 9.59 Å². The lowest BCUT2D eigenvalue weighted by Crippen LogP contribution is -2.39. The van der Waals surface area contributed by atoms with Crippen LogP contribution in [-0.2, 0) is 7.05 Å². The molecule has 0 aliphatic rings. The van der Waals surface area contributed by atoms with Gasteiger partial charge in [0.2, 0.25) is 0 Å². The van der Waals surface area contributed by atoms with E-state index in [1.165, 1.54) is 4.68 Å². The molecule has 0 aliphatic carbocycles. The lowest BCUT2D eigenvalue weighted by molar-refractivity contribution is 0.0893. The van der Waals surface area contributed by atoms with Gasteiger partial charge in [0.25, 0.3) is 17.8 Å². The number of nitrogens with zero attached hydrogens (tertiary/aromatic N) is 5. The van der Waals surface area contributed by atoms with Crippen LogP contribution in [0.3, 0.4) is 0 Å². The highest BCUT2D eigenvalue weighted by Gasteiger charge is 2.31. The number of rotatable bonds is 3. The van der Waals surface area contributed by atoms with Gasteiger partial charge in [-0.3, -0.25) is 9.59 Å². The van der Waals surface area contributed by atoms with Crippen LogP contribution < -0.4 is 4.90 Å². The quantitative estimate of drug-likeness (QED) is 0.668. The minimum atomic E-state index is -0.463. The molecule has 0 radical (unpaired) electrons. The lowest BCUT2D eigenvalue weighted by atomic mass is 10.0. The Labute approximate surface area is 157 Å². The van der Waals surface area contributed by atoms with E-state index < -0.39 is 11.8 Å². The fraction of sp³-hybridized carbons (Fsp3) is 0.250. The fourth-order valence-electron chi connectivity index (χ4n) is 3.04. The molecule has 0 aliphatic heterocycles. The number of carbonyl (C=O) groups excluding carboxylic acids is 2. The summed E-state index contributed by atoms with van der Waals surface area (Å²) < 4.78 is 1.31. The molecule has 7 heteroatoms. The van der Waals surface area contributed by atoms with Gasteiger partial charge in [-0.15, -0.1) is 0 Å². The summed E-state index contributed by atoms with van der Waals surface area (Å²) in [6.45, 7) is 7.59. The summed E-state index contributed by atoms with van der Waals surface area (Å²) >= 11 is 0. The van der Waals surface area contributed by atoms with E-state index in [0.717, 1.165) is 27.2 Å². The van der Waals surface area contributed by atoms with Gasteiger partial charge >= 0.3 is 0 Å². The zero-order valence-corrected chi connectivity index (χ0v) is 16.0. The van der Waals surface area contributed by atoms with Crippen molar-refractivity contribution in [1.82, 2.24) is 20.2 Å². The van der Waals surface area contributed by atoms with Crippen molar-refractivity contribution in [2.45, 2.75) is 27.7 Å². The number of aryl methyl sites for hydroxylation is 5. The average Bonchev–Trinajstić information content (AvgIpc) is 3.00. The van der Waals surface area contributed by atoms with Crippen molar-refractivity contribution in [3.05, 3.63) is 69.8 Å².